The van der Waals surface area contributed by atoms with Crippen molar-refractivity contribution in [1.29, 1.82) is 0 Å². The SMILES string of the molecule is C[C@H](NC(=O)c1ccc2c(c1)NC(=O)C2C=Nc1ccc(CN2CCCCC2)cc1)c1ccc(F)cc1. The number of amides is 2. The molecule has 0 aromatic heterocycles. The van der Waals surface area contributed by atoms with Gasteiger partial charge in [0.15, 0.2) is 0 Å². The Morgan fingerprint density at radius 1 is 1.08 bits per heavy atom. The number of hydrogen-bond donors (Lipinski definition) is 2. The third-order valence-corrected chi connectivity index (χ3v) is 7.07. The van der Waals surface area contributed by atoms with Gasteiger partial charge in [0.1, 0.15) is 11.7 Å². The number of benzene rings is 3. The van der Waals surface area contributed by atoms with E-state index in [1.165, 1.54) is 37.0 Å². The summed E-state index contributed by atoms with van der Waals surface area (Å²) in [6.45, 7) is 5.12. The number of carbonyl (C=O) groups is 2. The molecule has 2 N–H and O–H groups in total. The van der Waals surface area contributed by atoms with Crippen molar-refractivity contribution in [2.24, 2.45) is 4.99 Å². The standard InChI is InChI=1S/C30H31FN4O2/c1-20(22-7-10-24(31)11-8-22)33-29(36)23-9-14-26-27(30(37)34-28(26)17-23)18-32-25-12-5-21(6-13-25)19-35-15-3-2-4-16-35/h5-14,17-18,20,27H,2-4,15-16,19H2,1H3,(H,33,36)(H,34,37)/t20-,27?/m0/s1. The molecule has 0 spiro atoms. The molecule has 1 saturated heterocycles. The predicted octanol–water partition coefficient (Wildman–Crippen LogP) is 5.74. The lowest BCUT2D eigenvalue weighted by molar-refractivity contribution is -0.115. The Balaban J connectivity index is 1.22. The number of aliphatic imine (C=N–C) groups is 1. The summed E-state index contributed by atoms with van der Waals surface area (Å²) in [6.07, 6.45) is 5.54. The van der Waals surface area contributed by atoms with Gasteiger partial charge in [0.25, 0.3) is 5.91 Å². The topological polar surface area (TPSA) is 73.8 Å². The first-order valence-corrected chi connectivity index (χ1v) is 12.8. The van der Waals surface area contributed by atoms with Gasteiger partial charge < -0.3 is 10.6 Å². The number of hydrogen-bond acceptors (Lipinski definition) is 4. The molecule has 2 atom stereocenters. The second-order valence-corrected chi connectivity index (χ2v) is 9.80. The lowest BCUT2D eigenvalue weighted by atomic mass is 10.00. The van der Waals surface area contributed by atoms with Crippen LogP contribution in [0.15, 0.2) is 71.7 Å². The molecule has 0 bridgehead atoms. The fourth-order valence-electron chi connectivity index (χ4n) is 4.92. The normalized spacial score (nSPS) is 18.4. The molecular formula is C30H31FN4O2. The Morgan fingerprint density at radius 3 is 2.54 bits per heavy atom. The minimum Gasteiger partial charge on any atom is -0.346 e. The molecule has 3 aromatic carbocycles. The number of nitrogens with zero attached hydrogens (tertiary/aromatic N) is 2. The summed E-state index contributed by atoms with van der Waals surface area (Å²) in [6, 6.07) is 19.1. The van der Waals surface area contributed by atoms with Gasteiger partial charge in [-0.2, -0.15) is 0 Å². The van der Waals surface area contributed by atoms with E-state index >= 15 is 0 Å². The molecule has 190 valence electrons. The monoisotopic (exact) mass is 498 g/mol. The summed E-state index contributed by atoms with van der Waals surface area (Å²) in [5.41, 5.74) is 4.72. The third kappa shape index (κ3) is 5.94. The summed E-state index contributed by atoms with van der Waals surface area (Å²) in [5, 5.41) is 5.79. The predicted molar refractivity (Wildman–Crippen MR) is 144 cm³/mol. The summed E-state index contributed by atoms with van der Waals surface area (Å²) < 4.78 is 13.2. The molecule has 2 heterocycles. The Morgan fingerprint density at radius 2 is 1.81 bits per heavy atom. The summed E-state index contributed by atoms with van der Waals surface area (Å²) in [7, 11) is 0. The number of rotatable bonds is 7. The number of fused-ring (bicyclic) bond motifs is 1. The Labute approximate surface area is 216 Å². The quantitative estimate of drug-likeness (QED) is 0.408. The van der Waals surface area contributed by atoms with E-state index in [4.69, 9.17) is 0 Å². The van der Waals surface area contributed by atoms with Crippen molar-refractivity contribution in [2.75, 3.05) is 18.4 Å². The Bertz CT molecular complexity index is 1300. The van der Waals surface area contributed by atoms with Crippen LogP contribution in [0.4, 0.5) is 15.8 Å². The molecule has 2 aliphatic rings. The molecule has 0 aliphatic carbocycles. The molecule has 1 fully saturated rings. The third-order valence-electron chi connectivity index (χ3n) is 7.07. The Kier molecular flexibility index (Phi) is 7.42. The van der Waals surface area contributed by atoms with Gasteiger partial charge in [-0.1, -0.05) is 36.8 Å². The highest BCUT2D eigenvalue weighted by Crippen LogP contribution is 2.33. The minimum atomic E-state index is -0.515. The van der Waals surface area contributed by atoms with Gasteiger partial charge in [0, 0.05) is 24.0 Å². The number of piperidine rings is 1. The van der Waals surface area contributed by atoms with Crippen molar-refractivity contribution in [3.8, 4) is 0 Å². The maximum atomic E-state index is 13.2. The molecule has 2 amide bonds. The number of anilines is 1. The van der Waals surface area contributed by atoms with Crippen LogP contribution in [0.2, 0.25) is 0 Å². The van der Waals surface area contributed by atoms with Gasteiger partial charge in [-0.3, -0.25) is 19.5 Å². The van der Waals surface area contributed by atoms with Crippen molar-refractivity contribution < 1.29 is 14.0 Å². The van der Waals surface area contributed by atoms with Crippen molar-refractivity contribution in [1.82, 2.24) is 10.2 Å². The molecular weight excluding hydrogens is 467 g/mol. The van der Waals surface area contributed by atoms with Gasteiger partial charge in [-0.05, 0) is 85.9 Å². The smallest absolute Gasteiger partial charge is 0.251 e. The van der Waals surface area contributed by atoms with Crippen LogP contribution in [0.5, 0.6) is 0 Å². The number of carbonyl (C=O) groups excluding carboxylic acids is 2. The van der Waals surface area contributed by atoms with Gasteiger partial charge in [-0.15, -0.1) is 0 Å². The number of nitrogens with one attached hydrogen (secondary N) is 2. The summed E-state index contributed by atoms with van der Waals surface area (Å²) in [4.78, 5) is 32.5. The van der Waals surface area contributed by atoms with Gasteiger partial charge in [0.05, 0.1) is 11.7 Å². The second kappa shape index (κ2) is 11.0. The van der Waals surface area contributed by atoms with E-state index in [0.717, 1.165) is 36.4 Å². The van der Waals surface area contributed by atoms with Crippen molar-refractivity contribution >= 4 is 29.4 Å². The van der Waals surface area contributed by atoms with E-state index in [2.05, 4.69) is 32.7 Å². The average Bonchev–Trinajstić information content (AvgIpc) is 3.23. The molecule has 0 saturated carbocycles. The largest absolute Gasteiger partial charge is 0.346 e. The van der Waals surface area contributed by atoms with Crippen molar-refractivity contribution in [3.05, 3.63) is 94.8 Å². The van der Waals surface area contributed by atoms with Gasteiger partial charge >= 0.3 is 0 Å². The molecule has 1 unspecified atom stereocenters. The highest BCUT2D eigenvalue weighted by molar-refractivity contribution is 6.13. The van der Waals surface area contributed by atoms with E-state index in [9.17, 15) is 14.0 Å². The first kappa shape index (κ1) is 24.8. The zero-order chi connectivity index (χ0) is 25.8. The maximum absolute atomic E-state index is 13.2. The summed E-state index contributed by atoms with van der Waals surface area (Å²) >= 11 is 0. The van der Waals surface area contributed by atoms with Crippen LogP contribution < -0.4 is 10.6 Å². The highest BCUT2D eigenvalue weighted by atomic mass is 19.1. The Hall–Kier alpha value is -3.84. The molecule has 7 heteroatoms. The van der Waals surface area contributed by atoms with Gasteiger partial charge in [-0.25, -0.2) is 4.39 Å². The van der Waals surface area contributed by atoms with Crippen LogP contribution in [-0.4, -0.2) is 36.0 Å². The lowest BCUT2D eigenvalue weighted by Gasteiger charge is -2.26. The van der Waals surface area contributed by atoms with Crippen LogP contribution in [-0.2, 0) is 11.3 Å². The summed E-state index contributed by atoms with van der Waals surface area (Å²) in [5.74, 6) is -1.27. The first-order chi connectivity index (χ1) is 18.0. The molecule has 5 rings (SSSR count). The van der Waals surface area contributed by atoms with Gasteiger partial charge in [0.2, 0.25) is 5.91 Å². The van der Waals surface area contributed by atoms with Crippen LogP contribution in [0.1, 0.15) is 65.2 Å². The average molecular weight is 499 g/mol. The molecule has 37 heavy (non-hydrogen) atoms. The highest BCUT2D eigenvalue weighted by Gasteiger charge is 2.30. The fourth-order valence-corrected chi connectivity index (χ4v) is 4.92. The molecule has 2 aliphatic heterocycles. The van der Waals surface area contributed by atoms with Crippen LogP contribution in [0, 0.1) is 5.82 Å². The van der Waals surface area contributed by atoms with E-state index in [1.807, 2.05) is 19.1 Å². The first-order valence-electron chi connectivity index (χ1n) is 12.8. The van der Waals surface area contributed by atoms with E-state index < -0.39 is 5.92 Å². The number of halogens is 1. The molecule has 0 radical (unpaired) electrons. The zero-order valence-electron chi connectivity index (χ0n) is 20.9. The minimum absolute atomic E-state index is 0.169. The fraction of sp³-hybridized carbons (Fsp3) is 0.300. The van der Waals surface area contributed by atoms with Crippen LogP contribution in [0.3, 0.4) is 0 Å². The van der Waals surface area contributed by atoms with E-state index in [1.54, 1.807) is 36.5 Å². The second-order valence-electron chi connectivity index (χ2n) is 9.80. The molecule has 3 aromatic rings. The van der Waals surface area contributed by atoms with Crippen molar-refractivity contribution in [2.45, 2.75) is 44.7 Å². The maximum Gasteiger partial charge on any atom is 0.251 e. The van der Waals surface area contributed by atoms with Crippen molar-refractivity contribution in [3.63, 3.8) is 0 Å². The van der Waals surface area contributed by atoms with Crippen LogP contribution >= 0.6 is 0 Å². The van der Waals surface area contributed by atoms with Crippen LogP contribution in [0.25, 0.3) is 0 Å². The number of likely N-dealkylation sites (tertiary alicyclic amines) is 1. The zero-order valence-corrected chi connectivity index (χ0v) is 20.9. The van der Waals surface area contributed by atoms with E-state index in [0.29, 0.717) is 11.3 Å². The molecule has 6 nitrogen and oxygen atoms in total. The van der Waals surface area contributed by atoms with E-state index in [-0.39, 0.29) is 23.7 Å². The lowest BCUT2D eigenvalue weighted by Crippen LogP contribution is -2.28.